The Labute approximate surface area is 159 Å². The number of aromatic nitrogens is 3. The molecule has 0 amide bonds. The maximum atomic E-state index is 13.1. The number of hydrogen-bond donors (Lipinski definition) is 1. The van der Waals surface area contributed by atoms with Gasteiger partial charge in [0.25, 0.3) is 5.56 Å². The van der Waals surface area contributed by atoms with E-state index in [1.54, 1.807) is 19.6 Å². The summed E-state index contributed by atoms with van der Waals surface area (Å²) < 4.78 is 7.25. The number of methoxy groups -OCH3 is 1. The Bertz CT molecular complexity index is 1240. The van der Waals surface area contributed by atoms with Gasteiger partial charge in [0.2, 0.25) is 0 Å². The summed E-state index contributed by atoms with van der Waals surface area (Å²) in [6.45, 7) is 1.89. The number of fused-ring (bicyclic) bond motifs is 3. The molecule has 0 spiro atoms. The number of terminal acetylenes is 1. The van der Waals surface area contributed by atoms with E-state index in [0.717, 1.165) is 27.3 Å². The van der Waals surface area contributed by atoms with Gasteiger partial charge in [-0.3, -0.25) is 9.36 Å². The molecule has 1 atom stereocenters. The Morgan fingerprint density at radius 2 is 2.04 bits per heavy atom. The van der Waals surface area contributed by atoms with Gasteiger partial charge in [0.05, 0.1) is 29.7 Å². The zero-order chi connectivity index (χ0) is 19.0. The Kier molecular flexibility index (Phi) is 4.26. The van der Waals surface area contributed by atoms with Crippen LogP contribution in [0.2, 0.25) is 0 Å². The third-order valence-electron chi connectivity index (χ3n) is 4.25. The Morgan fingerprint density at radius 1 is 1.26 bits per heavy atom. The summed E-state index contributed by atoms with van der Waals surface area (Å²) in [6.07, 6.45) is 8.72. The highest BCUT2D eigenvalue weighted by atomic mass is 32.1. The predicted molar refractivity (Wildman–Crippen MR) is 109 cm³/mol. The molecule has 0 saturated carbocycles. The van der Waals surface area contributed by atoms with Crippen LogP contribution in [0.3, 0.4) is 0 Å². The largest absolute Gasteiger partial charge is 0.497 e. The number of anilines is 1. The Hall–Kier alpha value is -3.37. The van der Waals surface area contributed by atoms with Crippen molar-refractivity contribution in [1.82, 2.24) is 14.5 Å². The zero-order valence-electron chi connectivity index (χ0n) is 14.8. The predicted octanol–water partition coefficient (Wildman–Crippen LogP) is 3.44. The lowest BCUT2D eigenvalue weighted by Crippen LogP contribution is -2.17. The third kappa shape index (κ3) is 2.90. The molecular weight excluding hydrogens is 360 g/mol. The van der Waals surface area contributed by atoms with Crippen LogP contribution in [0, 0.1) is 12.3 Å². The van der Waals surface area contributed by atoms with E-state index in [-0.39, 0.29) is 11.6 Å². The summed E-state index contributed by atoms with van der Waals surface area (Å²) in [5.41, 5.74) is 2.04. The number of ether oxygens (including phenoxy) is 1. The van der Waals surface area contributed by atoms with Crippen molar-refractivity contribution in [3.8, 4) is 23.8 Å². The van der Waals surface area contributed by atoms with E-state index in [0.29, 0.717) is 10.2 Å². The molecular formula is C20H16N4O2S. The monoisotopic (exact) mass is 376 g/mol. The highest BCUT2D eigenvalue weighted by Crippen LogP contribution is 2.34. The van der Waals surface area contributed by atoms with Gasteiger partial charge in [0.15, 0.2) is 0 Å². The number of nitrogens with one attached hydrogen (secondary N) is 1. The maximum absolute atomic E-state index is 13.1. The normalized spacial score (nSPS) is 12.0. The minimum atomic E-state index is -0.148. The number of hydrogen-bond acceptors (Lipinski definition) is 6. The van der Waals surface area contributed by atoms with Crippen LogP contribution in [-0.2, 0) is 0 Å². The fraction of sp³-hybridized carbons (Fsp3) is 0.150. The number of benzene rings is 1. The Morgan fingerprint density at radius 3 is 2.74 bits per heavy atom. The van der Waals surface area contributed by atoms with E-state index in [9.17, 15) is 4.79 Å². The molecule has 0 saturated heterocycles. The topological polar surface area (TPSA) is 69.0 Å². The van der Waals surface area contributed by atoms with Gasteiger partial charge >= 0.3 is 0 Å². The molecule has 4 rings (SSSR count). The molecule has 1 N–H and O–H groups in total. The van der Waals surface area contributed by atoms with Gasteiger partial charge in [-0.25, -0.2) is 9.97 Å². The van der Waals surface area contributed by atoms with Crippen LogP contribution >= 0.6 is 11.3 Å². The molecule has 1 aromatic carbocycles. The molecule has 0 aliphatic rings. The van der Waals surface area contributed by atoms with Gasteiger partial charge in [0, 0.05) is 11.9 Å². The molecule has 27 heavy (non-hydrogen) atoms. The Balaban J connectivity index is 1.91. The molecule has 0 radical (unpaired) electrons. The lowest BCUT2D eigenvalue weighted by molar-refractivity contribution is 0.414. The fourth-order valence-corrected chi connectivity index (χ4v) is 3.93. The molecule has 0 aliphatic carbocycles. The maximum Gasteiger partial charge on any atom is 0.275 e. The lowest BCUT2D eigenvalue weighted by Gasteiger charge is -2.10. The first-order chi connectivity index (χ1) is 13.1. The minimum Gasteiger partial charge on any atom is -0.497 e. The van der Waals surface area contributed by atoms with Crippen molar-refractivity contribution in [2.45, 2.75) is 13.0 Å². The van der Waals surface area contributed by atoms with Crippen molar-refractivity contribution in [3.63, 3.8) is 0 Å². The van der Waals surface area contributed by atoms with Gasteiger partial charge in [0.1, 0.15) is 21.6 Å². The lowest BCUT2D eigenvalue weighted by atomic mass is 10.2. The molecule has 6 nitrogen and oxygen atoms in total. The van der Waals surface area contributed by atoms with Crippen LogP contribution < -0.4 is 15.6 Å². The van der Waals surface area contributed by atoms with Crippen molar-refractivity contribution in [2.24, 2.45) is 0 Å². The van der Waals surface area contributed by atoms with Crippen LogP contribution in [0.1, 0.15) is 6.92 Å². The van der Waals surface area contributed by atoms with E-state index in [4.69, 9.17) is 11.2 Å². The average molecular weight is 376 g/mol. The van der Waals surface area contributed by atoms with Crippen molar-refractivity contribution < 1.29 is 4.74 Å². The highest BCUT2D eigenvalue weighted by molar-refractivity contribution is 7.25. The first-order valence-electron chi connectivity index (χ1n) is 8.28. The van der Waals surface area contributed by atoms with Gasteiger partial charge in [-0.05, 0) is 37.3 Å². The fourth-order valence-electron chi connectivity index (χ4n) is 2.87. The van der Waals surface area contributed by atoms with E-state index < -0.39 is 0 Å². The number of rotatable bonds is 4. The van der Waals surface area contributed by atoms with Crippen molar-refractivity contribution in [3.05, 3.63) is 53.2 Å². The first-order valence-corrected chi connectivity index (χ1v) is 9.10. The van der Waals surface area contributed by atoms with Gasteiger partial charge in [-0.2, -0.15) is 0 Å². The summed E-state index contributed by atoms with van der Waals surface area (Å²) in [6, 6.07) is 8.95. The minimum absolute atomic E-state index is 0.135. The standard InChI is InChI=1S/C20H16N4O2S/c1-4-12(2)23-15-9-10-21-19-16(15)17-18(27-19)20(25)24(11-22-17)13-5-7-14(26-3)8-6-13/h1,5-12H,2-3H3,(H,21,23). The second kappa shape index (κ2) is 6.74. The first kappa shape index (κ1) is 17.1. The average Bonchev–Trinajstić information content (AvgIpc) is 3.09. The summed E-state index contributed by atoms with van der Waals surface area (Å²) >= 11 is 1.33. The zero-order valence-corrected chi connectivity index (χ0v) is 15.6. The SMILES string of the molecule is C#CC(C)Nc1ccnc2sc3c(=O)n(-c4ccc(OC)cc4)cnc3c12. The quantitative estimate of drug-likeness (QED) is 0.553. The number of pyridine rings is 1. The molecule has 0 bridgehead atoms. The summed E-state index contributed by atoms with van der Waals surface area (Å²) in [7, 11) is 1.60. The molecule has 1 unspecified atom stereocenters. The van der Waals surface area contributed by atoms with Crippen LogP contribution in [-0.4, -0.2) is 27.7 Å². The van der Waals surface area contributed by atoms with Crippen LogP contribution in [0.25, 0.3) is 26.1 Å². The number of thiophene rings is 1. The molecule has 3 heterocycles. The molecule has 134 valence electrons. The molecule has 3 aromatic heterocycles. The smallest absolute Gasteiger partial charge is 0.275 e. The van der Waals surface area contributed by atoms with Crippen LogP contribution in [0.4, 0.5) is 5.69 Å². The molecule has 7 heteroatoms. The van der Waals surface area contributed by atoms with Crippen molar-refractivity contribution in [2.75, 3.05) is 12.4 Å². The summed E-state index contributed by atoms with van der Waals surface area (Å²) in [4.78, 5) is 22.8. The van der Waals surface area contributed by atoms with Gasteiger partial charge in [-0.1, -0.05) is 5.92 Å². The van der Waals surface area contributed by atoms with E-state index in [1.807, 2.05) is 37.3 Å². The summed E-state index contributed by atoms with van der Waals surface area (Å²) in [5.74, 6) is 3.37. The second-order valence-corrected chi connectivity index (χ2v) is 6.97. The molecule has 4 aromatic rings. The second-order valence-electron chi connectivity index (χ2n) is 5.97. The van der Waals surface area contributed by atoms with Crippen molar-refractivity contribution >= 4 is 37.5 Å². The van der Waals surface area contributed by atoms with E-state index in [2.05, 4.69) is 21.2 Å². The van der Waals surface area contributed by atoms with Crippen molar-refractivity contribution in [1.29, 1.82) is 0 Å². The molecule has 0 fully saturated rings. The van der Waals surface area contributed by atoms with E-state index in [1.165, 1.54) is 15.9 Å². The van der Waals surface area contributed by atoms with Crippen LogP contribution in [0.5, 0.6) is 5.75 Å². The van der Waals surface area contributed by atoms with Gasteiger partial charge < -0.3 is 10.1 Å². The molecule has 0 aliphatic heterocycles. The number of nitrogens with zero attached hydrogens (tertiary/aromatic N) is 3. The van der Waals surface area contributed by atoms with E-state index >= 15 is 0 Å². The summed E-state index contributed by atoms with van der Waals surface area (Å²) in [5, 5.41) is 4.08. The van der Waals surface area contributed by atoms with Crippen LogP contribution in [0.15, 0.2) is 47.7 Å². The van der Waals surface area contributed by atoms with Gasteiger partial charge in [-0.15, -0.1) is 17.8 Å². The highest BCUT2D eigenvalue weighted by Gasteiger charge is 2.16. The third-order valence-corrected chi connectivity index (χ3v) is 5.33.